The van der Waals surface area contributed by atoms with Gasteiger partial charge >= 0.3 is 6.18 Å². The molecule has 0 unspecified atom stereocenters. The standard InChI is InChI=1S/C21H22F3N7O/c1-25-18-10-15(27-19(28-18)13-5-7-26-8-6-13)14-4-3-9-31(12-14)20(32)16-11-17(21(22,23)24)29-30(16)2/h5-8,10-11,14H,3-4,9,12H2,1-2H3,(H,25,27,28)/t14-/m0/s1. The van der Waals surface area contributed by atoms with Gasteiger partial charge in [-0.3, -0.25) is 14.5 Å². The van der Waals surface area contributed by atoms with E-state index in [1.165, 1.54) is 7.05 Å². The van der Waals surface area contributed by atoms with E-state index < -0.39 is 17.8 Å². The molecule has 0 radical (unpaired) electrons. The summed E-state index contributed by atoms with van der Waals surface area (Å²) in [7, 11) is 3.11. The quantitative estimate of drug-likeness (QED) is 0.663. The number of carbonyl (C=O) groups is 1. The number of carbonyl (C=O) groups excluding carboxylic acids is 1. The van der Waals surface area contributed by atoms with Crippen molar-refractivity contribution in [3.8, 4) is 11.4 Å². The van der Waals surface area contributed by atoms with Crippen LogP contribution < -0.4 is 5.32 Å². The Morgan fingerprint density at radius 1 is 1.19 bits per heavy atom. The molecule has 11 heteroatoms. The van der Waals surface area contributed by atoms with Gasteiger partial charge in [-0.1, -0.05) is 0 Å². The van der Waals surface area contributed by atoms with Gasteiger partial charge in [-0.15, -0.1) is 0 Å². The summed E-state index contributed by atoms with van der Waals surface area (Å²) >= 11 is 0. The van der Waals surface area contributed by atoms with Crippen LogP contribution in [0.4, 0.5) is 19.0 Å². The van der Waals surface area contributed by atoms with Crippen LogP contribution in [0.5, 0.6) is 0 Å². The highest BCUT2D eigenvalue weighted by molar-refractivity contribution is 5.92. The summed E-state index contributed by atoms with van der Waals surface area (Å²) in [5, 5.41) is 6.49. The second-order valence-electron chi connectivity index (χ2n) is 7.61. The fourth-order valence-electron chi connectivity index (χ4n) is 3.80. The number of aromatic nitrogens is 5. The minimum atomic E-state index is -4.60. The second kappa shape index (κ2) is 8.56. The highest BCUT2D eigenvalue weighted by Crippen LogP contribution is 2.31. The van der Waals surface area contributed by atoms with E-state index in [9.17, 15) is 18.0 Å². The molecule has 0 spiro atoms. The van der Waals surface area contributed by atoms with Gasteiger partial charge in [-0.05, 0) is 25.0 Å². The van der Waals surface area contributed by atoms with Crippen molar-refractivity contribution in [3.63, 3.8) is 0 Å². The van der Waals surface area contributed by atoms with E-state index in [1.807, 2.05) is 18.2 Å². The zero-order valence-electron chi connectivity index (χ0n) is 17.6. The van der Waals surface area contributed by atoms with Gasteiger partial charge < -0.3 is 10.2 Å². The Labute approximate surface area is 182 Å². The van der Waals surface area contributed by atoms with Crippen molar-refractivity contribution in [1.82, 2.24) is 29.6 Å². The molecule has 1 aliphatic heterocycles. The third kappa shape index (κ3) is 4.41. The van der Waals surface area contributed by atoms with Crippen molar-refractivity contribution in [2.24, 2.45) is 7.05 Å². The van der Waals surface area contributed by atoms with Gasteiger partial charge in [0.2, 0.25) is 0 Å². The summed E-state index contributed by atoms with van der Waals surface area (Å²) in [6.07, 6.45) is 0.237. The van der Waals surface area contributed by atoms with Crippen molar-refractivity contribution in [2.75, 3.05) is 25.5 Å². The first-order chi connectivity index (χ1) is 15.3. The zero-order chi connectivity index (χ0) is 22.9. The van der Waals surface area contributed by atoms with Gasteiger partial charge in [0.15, 0.2) is 11.5 Å². The summed E-state index contributed by atoms with van der Waals surface area (Å²) in [5.74, 6) is 0.641. The zero-order valence-corrected chi connectivity index (χ0v) is 17.6. The summed E-state index contributed by atoms with van der Waals surface area (Å²) < 4.78 is 40.0. The SMILES string of the molecule is CNc1cc([C@H]2CCCN(C(=O)c3cc(C(F)(F)F)nn3C)C2)nc(-c2ccncc2)n1. The molecule has 168 valence electrons. The van der Waals surface area contributed by atoms with Crippen molar-refractivity contribution in [2.45, 2.75) is 24.9 Å². The predicted octanol–water partition coefficient (Wildman–Crippen LogP) is 3.35. The number of anilines is 1. The number of aryl methyl sites for hydroxylation is 1. The molecule has 1 aliphatic rings. The lowest BCUT2D eigenvalue weighted by molar-refractivity contribution is -0.141. The molecule has 1 N–H and O–H groups in total. The van der Waals surface area contributed by atoms with Gasteiger partial charge in [-0.2, -0.15) is 18.3 Å². The number of nitrogens with one attached hydrogen (secondary N) is 1. The number of amides is 1. The Morgan fingerprint density at radius 3 is 2.59 bits per heavy atom. The fourth-order valence-corrected chi connectivity index (χ4v) is 3.80. The molecule has 3 aromatic rings. The second-order valence-corrected chi connectivity index (χ2v) is 7.61. The van der Waals surface area contributed by atoms with Crippen molar-refractivity contribution >= 4 is 11.7 Å². The fraction of sp³-hybridized carbons (Fsp3) is 0.381. The van der Waals surface area contributed by atoms with Gasteiger partial charge in [-0.25, -0.2) is 9.97 Å². The van der Waals surface area contributed by atoms with Crippen LogP contribution in [0.1, 0.15) is 40.6 Å². The molecule has 4 rings (SSSR count). The average molecular weight is 445 g/mol. The van der Waals surface area contributed by atoms with Crippen molar-refractivity contribution in [3.05, 3.63) is 53.7 Å². The maximum atomic E-state index is 13.0. The van der Waals surface area contributed by atoms with Gasteiger partial charge in [0.25, 0.3) is 5.91 Å². The number of likely N-dealkylation sites (tertiary alicyclic amines) is 1. The number of hydrogen-bond donors (Lipinski definition) is 1. The highest BCUT2D eigenvalue weighted by atomic mass is 19.4. The number of nitrogens with zero attached hydrogens (tertiary/aromatic N) is 6. The lowest BCUT2D eigenvalue weighted by Crippen LogP contribution is -2.40. The van der Waals surface area contributed by atoms with Crippen LogP contribution in [0.2, 0.25) is 0 Å². The largest absolute Gasteiger partial charge is 0.435 e. The monoisotopic (exact) mass is 445 g/mol. The van der Waals surface area contributed by atoms with E-state index in [1.54, 1.807) is 24.3 Å². The number of pyridine rings is 1. The van der Waals surface area contributed by atoms with Gasteiger partial charge in [0.1, 0.15) is 11.5 Å². The Hall–Kier alpha value is -3.50. The van der Waals surface area contributed by atoms with E-state index in [-0.39, 0.29) is 11.6 Å². The summed E-state index contributed by atoms with van der Waals surface area (Å²) in [4.78, 5) is 27.8. The topological polar surface area (TPSA) is 88.8 Å². The Morgan fingerprint density at radius 2 is 1.94 bits per heavy atom. The van der Waals surface area contributed by atoms with Crippen molar-refractivity contribution in [1.29, 1.82) is 0 Å². The molecule has 32 heavy (non-hydrogen) atoms. The average Bonchev–Trinajstić information content (AvgIpc) is 3.21. The molecule has 1 amide bonds. The first-order valence-corrected chi connectivity index (χ1v) is 10.1. The minimum Gasteiger partial charge on any atom is -0.373 e. The Bertz CT molecular complexity index is 1110. The first-order valence-electron chi connectivity index (χ1n) is 10.1. The van der Waals surface area contributed by atoms with E-state index in [4.69, 9.17) is 4.98 Å². The predicted molar refractivity (Wildman–Crippen MR) is 111 cm³/mol. The smallest absolute Gasteiger partial charge is 0.373 e. The van der Waals surface area contributed by atoms with Crippen LogP contribution in [0.25, 0.3) is 11.4 Å². The number of hydrogen-bond acceptors (Lipinski definition) is 6. The highest BCUT2D eigenvalue weighted by Gasteiger charge is 2.36. The van der Waals surface area contributed by atoms with Crippen LogP contribution in [-0.2, 0) is 13.2 Å². The normalized spacial score (nSPS) is 16.8. The molecule has 3 aromatic heterocycles. The van der Waals surface area contributed by atoms with Crippen LogP contribution in [0.3, 0.4) is 0 Å². The number of alkyl halides is 3. The van der Waals surface area contributed by atoms with E-state index in [2.05, 4.69) is 20.4 Å². The third-order valence-electron chi connectivity index (χ3n) is 5.46. The molecule has 0 aromatic carbocycles. The third-order valence-corrected chi connectivity index (χ3v) is 5.46. The van der Waals surface area contributed by atoms with E-state index in [0.717, 1.165) is 28.4 Å². The molecule has 4 heterocycles. The molecule has 0 bridgehead atoms. The summed E-state index contributed by atoms with van der Waals surface area (Å²) in [6.45, 7) is 0.810. The van der Waals surface area contributed by atoms with Crippen LogP contribution in [0.15, 0.2) is 36.7 Å². The summed E-state index contributed by atoms with van der Waals surface area (Å²) in [5.41, 5.74) is 0.425. The Kier molecular flexibility index (Phi) is 5.81. The molecule has 1 atom stereocenters. The van der Waals surface area contributed by atoms with Crippen LogP contribution in [-0.4, -0.2) is 55.7 Å². The maximum Gasteiger partial charge on any atom is 0.435 e. The number of rotatable bonds is 4. The van der Waals surface area contributed by atoms with Crippen LogP contribution in [0, 0.1) is 0 Å². The molecular formula is C21H22F3N7O. The first kappa shape index (κ1) is 21.7. The minimum absolute atomic E-state index is 0.0706. The molecule has 0 aliphatic carbocycles. The van der Waals surface area contributed by atoms with Gasteiger partial charge in [0.05, 0.1) is 5.69 Å². The summed E-state index contributed by atoms with van der Waals surface area (Å²) in [6, 6.07) is 6.28. The van der Waals surface area contributed by atoms with E-state index in [0.29, 0.717) is 31.2 Å². The Balaban J connectivity index is 1.59. The molecule has 1 saturated heterocycles. The van der Waals surface area contributed by atoms with E-state index >= 15 is 0 Å². The molecule has 1 fully saturated rings. The lowest BCUT2D eigenvalue weighted by atomic mass is 9.94. The van der Waals surface area contributed by atoms with Crippen molar-refractivity contribution < 1.29 is 18.0 Å². The maximum absolute atomic E-state index is 13.0. The van der Waals surface area contributed by atoms with Gasteiger partial charge in [0, 0.05) is 63.2 Å². The lowest BCUT2D eigenvalue weighted by Gasteiger charge is -2.32. The molecule has 8 nitrogen and oxygen atoms in total. The molecular weight excluding hydrogens is 423 g/mol. The number of piperidine rings is 1. The van der Waals surface area contributed by atoms with Crippen LogP contribution >= 0.6 is 0 Å². The molecule has 0 saturated carbocycles. The number of halogens is 3.